The molecular formula is C14H19NO3. The van der Waals surface area contributed by atoms with E-state index in [1.807, 2.05) is 25.1 Å². The number of ether oxygens (including phenoxy) is 1. The fourth-order valence-electron chi connectivity index (χ4n) is 1.36. The largest absolute Gasteiger partial charge is 0.425 e. The molecule has 0 aliphatic heterocycles. The van der Waals surface area contributed by atoms with Crippen molar-refractivity contribution in [2.24, 2.45) is 5.92 Å². The van der Waals surface area contributed by atoms with Crippen molar-refractivity contribution in [1.82, 2.24) is 5.32 Å². The Hall–Kier alpha value is -1.84. The first-order valence-corrected chi connectivity index (χ1v) is 6.10. The summed E-state index contributed by atoms with van der Waals surface area (Å²) >= 11 is 0. The van der Waals surface area contributed by atoms with Crippen LogP contribution in [-0.4, -0.2) is 18.4 Å². The minimum absolute atomic E-state index is 0.104. The van der Waals surface area contributed by atoms with E-state index in [9.17, 15) is 9.59 Å². The van der Waals surface area contributed by atoms with Crippen molar-refractivity contribution in [2.45, 2.75) is 27.2 Å². The summed E-state index contributed by atoms with van der Waals surface area (Å²) in [5, 5.41) is 2.52. The van der Waals surface area contributed by atoms with Crippen LogP contribution in [0.5, 0.6) is 5.75 Å². The summed E-state index contributed by atoms with van der Waals surface area (Å²) in [6.07, 6.45) is 0.884. The van der Waals surface area contributed by atoms with E-state index in [0.717, 1.165) is 12.0 Å². The number of carbonyl (C=O) groups excluding carboxylic acids is 2. The first kappa shape index (κ1) is 14.2. The van der Waals surface area contributed by atoms with Gasteiger partial charge in [0.2, 0.25) is 5.91 Å². The van der Waals surface area contributed by atoms with Crippen LogP contribution in [0.4, 0.5) is 0 Å². The molecule has 0 aliphatic rings. The van der Waals surface area contributed by atoms with E-state index in [1.165, 1.54) is 0 Å². The Kier molecular flexibility index (Phi) is 5.36. The molecule has 1 aromatic rings. The van der Waals surface area contributed by atoms with Crippen LogP contribution in [-0.2, 0) is 16.0 Å². The van der Waals surface area contributed by atoms with E-state index in [0.29, 0.717) is 5.75 Å². The Balaban J connectivity index is 2.47. The second kappa shape index (κ2) is 6.79. The lowest BCUT2D eigenvalue weighted by atomic mass is 10.2. The summed E-state index contributed by atoms with van der Waals surface area (Å²) in [6.45, 7) is 5.47. The maximum atomic E-state index is 11.5. The average Bonchev–Trinajstić information content (AvgIpc) is 2.36. The lowest BCUT2D eigenvalue weighted by molar-refractivity contribution is -0.136. The number of benzene rings is 1. The molecule has 0 unspecified atom stereocenters. The molecule has 0 heterocycles. The topological polar surface area (TPSA) is 55.4 Å². The quantitative estimate of drug-likeness (QED) is 0.640. The molecule has 0 radical (unpaired) electrons. The van der Waals surface area contributed by atoms with Crippen LogP contribution >= 0.6 is 0 Å². The molecule has 0 atom stereocenters. The summed E-state index contributed by atoms with van der Waals surface area (Å²) in [4.78, 5) is 22.8. The lowest BCUT2D eigenvalue weighted by Crippen LogP contribution is -2.34. The number of hydrogen-bond acceptors (Lipinski definition) is 3. The third-order valence-electron chi connectivity index (χ3n) is 2.47. The molecule has 1 N–H and O–H groups in total. The van der Waals surface area contributed by atoms with E-state index < -0.39 is 5.97 Å². The van der Waals surface area contributed by atoms with E-state index in [2.05, 4.69) is 5.32 Å². The van der Waals surface area contributed by atoms with E-state index in [1.54, 1.807) is 19.9 Å². The molecule has 4 heteroatoms. The Morgan fingerprint density at radius 2 is 2.06 bits per heavy atom. The van der Waals surface area contributed by atoms with Gasteiger partial charge in [0.15, 0.2) is 0 Å². The summed E-state index contributed by atoms with van der Waals surface area (Å²) in [5.74, 6) is -0.245. The smallest absolute Gasteiger partial charge is 0.330 e. The van der Waals surface area contributed by atoms with Crippen LogP contribution in [0.3, 0.4) is 0 Å². The van der Waals surface area contributed by atoms with Gasteiger partial charge in [0.1, 0.15) is 12.3 Å². The minimum atomic E-state index is -0.461. The number of aryl methyl sites for hydroxylation is 1. The van der Waals surface area contributed by atoms with Gasteiger partial charge in [0.05, 0.1) is 0 Å². The molecule has 1 aromatic carbocycles. The predicted molar refractivity (Wildman–Crippen MR) is 69.3 cm³/mol. The van der Waals surface area contributed by atoms with Crippen molar-refractivity contribution < 1.29 is 14.3 Å². The predicted octanol–water partition coefficient (Wildman–Crippen LogP) is 1.93. The maximum absolute atomic E-state index is 11.5. The minimum Gasteiger partial charge on any atom is -0.425 e. The number of esters is 1. The molecular weight excluding hydrogens is 230 g/mol. The Labute approximate surface area is 107 Å². The van der Waals surface area contributed by atoms with Crippen LogP contribution in [0.25, 0.3) is 0 Å². The standard InChI is InChI=1S/C14H19NO3/c1-4-11-6-5-7-12(8-11)18-13(16)9-15-14(17)10(2)3/h5-8,10H,4,9H2,1-3H3,(H,15,17). The summed E-state index contributed by atoms with van der Waals surface area (Å²) < 4.78 is 5.13. The first-order valence-electron chi connectivity index (χ1n) is 6.10. The molecule has 0 fully saturated rings. The molecule has 18 heavy (non-hydrogen) atoms. The van der Waals surface area contributed by atoms with Crippen molar-refractivity contribution >= 4 is 11.9 Å². The number of nitrogens with one attached hydrogen (secondary N) is 1. The molecule has 0 saturated heterocycles. The van der Waals surface area contributed by atoms with Gasteiger partial charge in [-0.25, -0.2) is 4.79 Å². The highest BCUT2D eigenvalue weighted by atomic mass is 16.5. The van der Waals surface area contributed by atoms with Crippen LogP contribution in [0.15, 0.2) is 24.3 Å². The normalized spacial score (nSPS) is 10.2. The van der Waals surface area contributed by atoms with Crippen molar-refractivity contribution in [3.63, 3.8) is 0 Å². The highest BCUT2D eigenvalue weighted by molar-refractivity contribution is 5.83. The summed E-state index contributed by atoms with van der Waals surface area (Å²) in [5.41, 5.74) is 1.10. The van der Waals surface area contributed by atoms with Gasteiger partial charge in [0.25, 0.3) is 0 Å². The fraction of sp³-hybridized carbons (Fsp3) is 0.429. The molecule has 1 amide bonds. The third kappa shape index (κ3) is 4.57. The van der Waals surface area contributed by atoms with Gasteiger partial charge >= 0.3 is 5.97 Å². The summed E-state index contributed by atoms with van der Waals surface area (Å²) in [7, 11) is 0. The second-order valence-corrected chi connectivity index (χ2v) is 4.35. The highest BCUT2D eigenvalue weighted by Gasteiger charge is 2.10. The number of amides is 1. The second-order valence-electron chi connectivity index (χ2n) is 4.35. The monoisotopic (exact) mass is 249 g/mol. The van der Waals surface area contributed by atoms with Crippen molar-refractivity contribution in [3.8, 4) is 5.75 Å². The van der Waals surface area contributed by atoms with E-state index in [4.69, 9.17) is 4.74 Å². The number of hydrogen-bond donors (Lipinski definition) is 1. The van der Waals surface area contributed by atoms with Gasteiger partial charge in [-0.2, -0.15) is 0 Å². The third-order valence-corrected chi connectivity index (χ3v) is 2.47. The van der Waals surface area contributed by atoms with Crippen LogP contribution in [0.1, 0.15) is 26.3 Å². The first-order chi connectivity index (χ1) is 8.52. The summed E-state index contributed by atoms with van der Waals surface area (Å²) in [6, 6.07) is 7.36. The molecule has 1 rings (SSSR count). The number of carbonyl (C=O) groups is 2. The lowest BCUT2D eigenvalue weighted by Gasteiger charge is -2.08. The molecule has 0 aromatic heterocycles. The molecule has 98 valence electrons. The molecule has 0 aliphatic carbocycles. The molecule has 0 bridgehead atoms. The van der Waals surface area contributed by atoms with Gasteiger partial charge in [-0.15, -0.1) is 0 Å². The van der Waals surface area contributed by atoms with Gasteiger partial charge in [-0.3, -0.25) is 4.79 Å². The van der Waals surface area contributed by atoms with Crippen molar-refractivity contribution in [3.05, 3.63) is 29.8 Å². The Morgan fingerprint density at radius 3 is 2.67 bits per heavy atom. The maximum Gasteiger partial charge on any atom is 0.330 e. The number of rotatable bonds is 5. The molecule has 4 nitrogen and oxygen atoms in total. The van der Waals surface area contributed by atoms with Gasteiger partial charge in [-0.05, 0) is 24.1 Å². The van der Waals surface area contributed by atoms with Crippen molar-refractivity contribution in [1.29, 1.82) is 0 Å². The average molecular weight is 249 g/mol. The zero-order valence-corrected chi connectivity index (χ0v) is 11.0. The van der Waals surface area contributed by atoms with E-state index >= 15 is 0 Å². The van der Waals surface area contributed by atoms with Gasteiger partial charge in [-0.1, -0.05) is 32.9 Å². The molecule has 0 saturated carbocycles. The van der Waals surface area contributed by atoms with Crippen LogP contribution < -0.4 is 10.1 Å². The van der Waals surface area contributed by atoms with E-state index in [-0.39, 0.29) is 18.4 Å². The SMILES string of the molecule is CCc1cccc(OC(=O)CNC(=O)C(C)C)c1. The van der Waals surface area contributed by atoms with Crippen LogP contribution in [0, 0.1) is 5.92 Å². The highest BCUT2D eigenvalue weighted by Crippen LogP contribution is 2.13. The zero-order chi connectivity index (χ0) is 13.5. The fourth-order valence-corrected chi connectivity index (χ4v) is 1.36. The van der Waals surface area contributed by atoms with Gasteiger partial charge in [0, 0.05) is 5.92 Å². The van der Waals surface area contributed by atoms with Crippen LogP contribution in [0.2, 0.25) is 0 Å². The Bertz CT molecular complexity index is 427. The zero-order valence-electron chi connectivity index (χ0n) is 11.0. The van der Waals surface area contributed by atoms with Crippen molar-refractivity contribution in [2.75, 3.05) is 6.54 Å². The molecule has 0 spiro atoms. The van der Waals surface area contributed by atoms with Gasteiger partial charge < -0.3 is 10.1 Å². The Morgan fingerprint density at radius 1 is 1.33 bits per heavy atom.